The Bertz CT molecular complexity index is 463. The standard InChI is InChI=1S/C15H21BrN2O2/c16-14-3-1-2-12(15(14)19)10-17-5-4-13(11-17)18-6-8-20-9-7-18/h1-3,13,19H,4-11H2. The zero-order valence-corrected chi connectivity index (χ0v) is 13.2. The Morgan fingerprint density at radius 3 is 2.85 bits per heavy atom. The number of phenols is 1. The third kappa shape index (κ3) is 3.17. The van der Waals surface area contributed by atoms with Crippen molar-refractivity contribution in [2.75, 3.05) is 39.4 Å². The highest BCUT2D eigenvalue weighted by Gasteiger charge is 2.28. The third-order valence-corrected chi connectivity index (χ3v) is 4.91. The summed E-state index contributed by atoms with van der Waals surface area (Å²) in [5, 5.41) is 10.1. The van der Waals surface area contributed by atoms with Gasteiger partial charge in [-0.15, -0.1) is 0 Å². The molecule has 1 atom stereocenters. The molecule has 2 aliphatic heterocycles. The second-order valence-corrected chi connectivity index (χ2v) is 6.43. The van der Waals surface area contributed by atoms with E-state index in [1.165, 1.54) is 6.42 Å². The molecule has 0 amide bonds. The van der Waals surface area contributed by atoms with Gasteiger partial charge in [0.25, 0.3) is 0 Å². The van der Waals surface area contributed by atoms with E-state index < -0.39 is 0 Å². The van der Waals surface area contributed by atoms with Gasteiger partial charge in [-0.25, -0.2) is 0 Å². The fourth-order valence-electron chi connectivity index (χ4n) is 3.12. The van der Waals surface area contributed by atoms with Crippen LogP contribution in [0.25, 0.3) is 0 Å². The molecule has 1 aromatic rings. The normalized spacial score (nSPS) is 25.1. The van der Waals surface area contributed by atoms with Crippen molar-refractivity contribution in [2.24, 2.45) is 0 Å². The average Bonchev–Trinajstić information content (AvgIpc) is 2.93. The maximum Gasteiger partial charge on any atom is 0.134 e. The Labute approximate surface area is 128 Å². The van der Waals surface area contributed by atoms with Gasteiger partial charge in [0.05, 0.1) is 17.7 Å². The summed E-state index contributed by atoms with van der Waals surface area (Å²) in [6.07, 6.45) is 1.22. The Morgan fingerprint density at radius 1 is 1.25 bits per heavy atom. The van der Waals surface area contributed by atoms with E-state index in [2.05, 4.69) is 25.7 Å². The molecule has 3 rings (SSSR count). The van der Waals surface area contributed by atoms with E-state index in [1.54, 1.807) is 0 Å². The van der Waals surface area contributed by atoms with Crippen molar-refractivity contribution in [1.82, 2.24) is 9.80 Å². The fraction of sp³-hybridized carbons (Fsp3) is 0.600. The van der Waals surface area contributed by atoms with Crippen LogP contribution in [0.3, 0.4) is 0 Å². The van der Waals surface area contributed by atoms with Crippen LogP contribution in [0.2, 0.25) is 0 Å². The summed E-state index contributed by atoms with van der Waals surface area (Å²) in [6.45, 7) is 6.86. The molecule has 2 aliphatic rings. The predicted octanol–water partition coefficient (Wildman–Crippen LogP) is 2.06. The van der Waals surface area contributed by atoms with E-state index in [1.807, 2.05) is 18.2 Å². The quantitative estimate of drug-likeness (QED) is 0.913. The van der Waals surface area contributed by atoms with Crippen molar-refractivity contribution in [2.45, 2.75) is 19.0 Å². The van der Waals surface area contributed by atoms with E-state index in [4.69, 9.17) is 4.74 Å². The Morgan fingerprint density at radius 2 is 2.05 bits per heavy atom. The highest BCUT2D eigenvalue weighted by Crippen LogP contribution is 2.29. The molecule has 0 aromatic heterocycles. The number of hydrogen-bond donors (Lipinski definition) is 1. The van der Waals surface area contributed by atoms with Gasteiger partial charge in [0, 0.05) is 44.3 Å². The van der Waals surface area contributed by atoms with Crippen LogP contribution in [0.4, 0.5) is 0 Å². The number of hydrogen-bond acceptors (Lipinski definition) is 4. The molecule has 4 nitrogen and oxygen atoms in total. The summed E-state index contributed by atoms with van der Waals surface area (Å²) >= 11 is 3.38. The van der Waals surface area contributed by atoms with Crippen LogP contribution in [0, 0.1) is 0 Å². The van der Waals surface area contributed by atoms with Crippen LogP contribution in [0.5, 0.6) is 5.75 Å². The molecule has 2 fully saturated rings. The maximum absolute atomic E-state index is 10.1. The molecule has 0 aliphatic carbocycles. The molecule has 5 heteroatoms. The van der Waals surface area contributed by atoms with Gasteiger partial charge in [-0.2, -0.15) is 0 Å². The van der Waals surface area contributed by atoms with Gasteiger partial charge in [-0.05, 0) is 28.4 Å². The average molecular weight is 341 g/mol. The summed E-state index contributed by atoms with van der Waals surface area (Å²) in [4.78, 5) is 4.98. The Kier molecular flexibility index (Phi) is 4.61. The number of likely N-dealkylation sites (tertiary alicyclic amines) is 1. The van der Waals surface area contributed by atoms with Crippen LogP contribution >= 0.6 is 15.9 Å². The number of benzene rings is 1. The number of morpholine rings is 1. The number of aromatic hydroxyl groups is 1. The summed E-state index contributed by atoms with van der Waals surface area (Å²) in [5.74, 6) is 0.377. The zero-order chi connectivity index (χ0) is 13.9. The summed E-state index contributed by atoms with van der Waals surface area (Å²) in [7, 11) is 0. The largest absolute Gasteiger partial charge is 0.506 e. The molecule has 0 radical (unpaired) electrons. The molecule has 1 N–H and O–H groups in total. The van der Waals surface area contributed by atoms with Crippen LogP contribution in [-0.4, -0.2) is 60.3 Å². The van der Waals surface area contributed by atoms with Crippen molar-refractivity contribution in [3.05, 3.63) is 28.2 Å². The first-order valence-corrected chi connectivity index (χ1v) is 8.04. The van der Waals surface area contributed by atoms with E-state index in [9.17, 15) is 5.11 Å². The minimum Gasteiger partial charge on any atom is -0.506 e. The predicted molar refractivity (Wildman–Crippen MR) is 81.9 cm³/mol. The van der Waals surface area contributed by atoms with Gasteiger partial charge in [0.15, 0.2) is 0 Å². The molecular formula is C15H21BrN2O2. The molecule has 1 aromatic carbocycles. The number of phenolic OH excluding ortho intramolecular Hbond substituents is 1. The van der Waals surface area contributed by atoms with Crippen molar-refractivity contribution in [3.8, 4) is 5.75 Å². The molecule has 1 unspecified atom stereocenters. The van der Waals surface area contributed by atoms with Crippen LogP contribution < -0.4 is 0 Å². The smallest absolute Gasteiger partial charge is 0.134 e. The minimum atomic E-state index is 0.377. The number of ether oxygens (including phenoxy) is 1. The van der Waals surface area contributed by atoms with Crippen molar-refractivity contribution in [3.63, 3.8) is 0 Å². The van der Waals surface area contributed by atoms with E-state index in [0.717, 1.165) is 56.0 Å². The summed E-state index contributed by atoms with van der Waals surface area (Å²) in [6, 6.07) is 6.50. The van der Waals surface area contributed by atoms with Crippen molar-refractivity contribution < 1.29 is 9.84 Å². The molecule has 0 saturated carbocycles. The van der Waals surface area contributed by atoms with E-state index >= 15 is 0 Å². The second kappa shape index (κ2) is 6.43. The van der Waals surface area contributed by atoms with E-state index in [0.29, 0.717) is 11.8 Å². The lowest BCUT2D eigenvalue weighted by atomic mass is 10.2. The zero-order valence-electron chi connectivity index (χ0n) is 11.6. The number of nitrogens with zero attached hydrogens (tertiary/aromatic N) is 2. The topological polar surface area (TPSA) is 35.9 Å². The van der Waals surface area contributed by atoms with E-state index in [-0.39, 0.29) is 0 Å². The van der Waals surface area contributed by atoms with Crippen LogP contribution in [0.1, 0.15) is 12.0 Å². The minimum absolute atomic E-state index is 0.377. The monoisotopic (exact) mass is 340 g/mol. The fourth-order valence-corrected chi connectivity index (χ4v) is 3.53. The molecular weight excluding hydrogens is 320 g/mol. The highest BCUT2D eigenvalue weighted by atomic mass is 79.9. The first kappa shape index (κ1) is 14.3. The molecule has 0 bridgehead atoms. The Hall–Kier alpha value is -0.620. The van der Waals surface area contributed by atoms with Crippen molar-refractivity contribution in [1.29, 1.82) is 0 Å². The van der Waals surface area contributed by atoms with Gasteiger partial charge >= 0.3 is 0 Å². The SMILES string of the molecule is Oc1c(Br)cccc1CN1CCC(N2CCOCC2)C1. The highest BCUT2D eigenvalue weighted by molar-refractivity contribution is 9.10. The first-order chi connectivity index (χ1) is 9.74. The third-order valence-electron chi connectivity index (χ3n) is 4.27. The summed E-state index contributed by atoms with van der Waals surface area (Å²) in [5.41, 5.74) is 1.00. The number of rotatable bonds is 3. The number of para-hydroxylation sites is 1. The lowest BCUT2D eigenvalue weighted by Crippen LogP contribution is -2.44. The summed E-state index contributed by atoms with van der Waals surface area (Å²) < 4.78 is 6.19. The van der Waals surface area contributed by atoms with Crippen molar-refractivity contribution >= 4 is 15.9 Å². The van der Waals surface area contributed by atoms with Crippen LogP contribution in [0.15, 0.2) is 22.7 Å². The van der Waals surface area contributed by atoms with Gasteiger partial charge in [-0.1, -0.05) is 12.1 Å². The lowest BCUT2D eigenvalue weighted by Gasteiger charge is -2.32. The van der Waals surface area contributed by atoms with Gasteiger partial charge in [0.2, 0.25) is 0 Å². The second-order valence-electron chi connectivity index (χ2n) is 5.57. The maximum atomic E-state index is 10.1. The first-order valence-electron chi connectivity index (χ1n) is 7.24. The molecule has 0 spiro atoms. The molecule has 110 valence electrons. The molecule has 2 heterocycles. The number of halogens is 1. The van der Waals surface area contributed by atoms with Crippen LogP contribution in [-0.2, 0) is 11.3 Å². The van der Waals surface area contributed by atoms with Gasteiger partial charge in [-0.3, -0.25) is 9.80 Å². The van der Waals surface area contributed by atoms with Gasteiger partial charge < -0.3 is 9.84 Å². The molecule has 20 heavy (non-hydrogen) atoms. The Balaban J connectivity index is 1.58. The van der Waals surface area contributed by atoms with Gasteiger partial charge in [0.1, 0.15) is 5.75 Å². The molecule has 2 saturated heterocycles. The lowest BCUT2D eigenvalue weighted by molar-refractivity contribution is 0.0183.